The Balaban J connectivity index is 3.73. The molecule has 12 heavy (non-hydrogen) atoms. The maximum absolute atomic E-state index is 11.0. The van der Waals surface area contributed by atoms with Crippen molar-refractivity contribution in [2.45, 2.75) is 19.4 Å². The van der Waals surface area contributed by atoms with Crippen LogP contribution in [-0.2, 0) is 14.0 Å². The third-order valence-corrected chi connectivity index (χ3v) is 2.44. The quantitative estimate of drug-likeness (QED) is 0.258. The molecule has 0 fully saturated rings. The Bertz CT molecular complexity index is 198. The zero-order valence-corrected chi connectivity index (χ0v) is 8.97. The summed E-state index contributed by atoms with van der Waals surface area (Å²) in [6.07, 6.45) is 0.311. The van der Waals surface area contributed by atoms with Crippen LogP contribution in [0.4, 0.5) is 0 Å². The first-order valence-electron chi connectivity index (χ1n) is 3.81. The lowest BCUT2D eigenvalue weighted by Crippen LogP contribution is -2.14. The van der Waals surface area contributed by atoms with Crippen LogP contribution in [0.15, 0.2) is 12.2 Å². The molecule has 0 aliphatic rings. The molecule has 0 bridgehead atoms. The van der Waals surface area contributed by atoms with Crippen molar-refractivity contribution in [2.75, 3.05) is 7.11 Å². The van der Waals surface area contributed by atoms with Crippen LogP contribution < -0.4 is 0 Å². The molecule has 0 aliphatic carbocycles. The predicted octanol–water partition coefficient (Wildman–Crippen LogP) is 0.239. The Morgan fingerprint density at radius 3 is 2.50 bits per heavy atom. The topological polar surface area (TPSA) is 43.4 Å². The molecule has 0 rings (SSSR count). The van der Waals surface area contributed by atoms with Gasteiger partial charge in [-0.15, -0.1) is 0 Å². The molecule has 0 radical (unpaired) electrons. The van der Waals surface area contributed by atoms with Gasteiger partial charge in [0.2, 0.25) is 11.6 Å². The summed E-state index contributed by atoms with van der Waals surface area (Å²) in [5.41, 5.74) is 0.319. The van der Waals surface area contributed by atoms with Crippen LogP contribution in [0.3, 0.4) is 0 Å². The van der Waals surface area contributed by atoms with Crippen LogP contribution in [0.5, 0.6) is 0 Å². The fourth-order valence-electron chi connectivity index (χ4n) is 0.729. The second kappa shape index (κ2) is 5.85. The Kier molecular flexibility index (Phi) is 5.49. The molecular formula is C8H14O3Si. The van der Waals surface area contributed by atoms with E-state index in [0.29, 0.717) is 12.0 Å². The number of hydrogen-bond donors (Lipinski definition) is 0. The first-order chi connectivity index (χ1) is 5.59. The van der Waals surface area contributed by atoms with E-state index in [0.717, 1.165) is 6.04 Å². The molecule has 0 aliphatic heterocycles. The first kappa shape index (κ1) is 11.3. The van der Waals surface area contributed by atoms with E-state index in [1.807, 2.05) is 0 Å². The van der Waals surface area contributed by atoms with Gasteiger partial charge in [-0.3, -0.25) is 9.59 Å². The molecule has 4 heteroatoms. The highest BCUT2D eigenvalue weighted by Crippen LogP contribution is 1.98. The average Bonchev–Trinajstić information content (AvgIpc) is 2.03. The zero-order chi connectivity index (χ0) is 9.56. The molecule has 0 N–H and O–H groups in total. The second-order valence-corrected chi connectivity index (χ2v) is 4.32. The maximum Gasteiger partial charge on any atom is 0.223 e. The molecule has 0 unspecified atom stereocenters. The summed E-state index contributed by atoms with van der Waals surface area (Å²) in [6, 6.07) is 0.731. The van der Waals surface area contributed by atoms with E-state index in [4.69, 9.17) is 4.43 Å². The van der Waals surface area contributed by atoms with Gasteiger partial charge in [0.1, 0.15) is 0 Å². The summed E-state index contributed by atoms with van der Waals surface area (Å²) in [4.78, 5) is 22.0. The highest BCUT2D eigenvalue weighted by Gasteiger charge is 2.12. The Morgan fingerprint density at radius 2 is 2.08 bits per heavy atom. The third-order valence-electron chi connectivity index (χ3n) is 1.39. The van der Waals surface area contributed by atoms with E-state index in [9.17, 15) is 9.59 Å². The number of rotatable bonds is 6. The molecular weight excluding hydrogens is 172 g/mol. The highest BCUT2D eigenvalue weighted by molar-refractivity contribution is 6.44. The molecule has 3 nitrogen and oxygen atoms in total. The average molecular weight is 186 g/mol. The molecule has 0 aromatic rings. The maximum atomic E-state index is 11.0. The van der Waals surface area contributed by atoms with Crippen LogP contribution in [0.25, 0.3) is 0 Å². The lowest BCUT2D eigenvalue weighted by Gasteiger charge is -1.97. The zero-order valence-electron chi connectivity index (χ0n) is 7.55. The van der Waals surface area contributed by atoms with Crippen LogP contribution >= 0.6 is 0 Å². The van der Waals surface area contributed by atoms with Crippen molar-refractivity contribution in [1.29, 1.82) is 0 Å². The van der Waals surface area contributed by atoms with E-state index >= 15 is 0 Å². The Morgan fingerprint density at radius 1 is 1.50 bits per heavy atom. The third kappa shape index (κ3) is 4.20. The van der Waals surface area contributed by atoms with Gasteiger partial charge in [0.15, 0.2) is 9.76 Å². The number of allylic oxidation sites excluding steroid dienone is 1. The SMILES string of the molecule is C=C(C)C(=O)C(=O)CC[SiH2]OC. The summed E-state index contributed by atoms with van der Waals surface area (Å²) < 4.78 is 4.89. The van der Waals surface area contributed by atoms with Crippen molar-refractivity contribution in [3.05, 3.63) is 12.2 Å². The first-order valence-corrected chi connectivity index (χ1v) is 5.39. The van der Waals surface area contributed by atoms with Crippen molar-refractivity contribution in [1.82, 2.24) is 0 Å². The summed E-state index contributed by atoms with van der Waals surface area (Å²) in [5, 5.41) is 0. The fraction of sp³-hybridized carbons (Fsp3) is 0.500. The van der Waals surface area contributed by atoms with Gasteiger partial charge in [-0.25, -0.2) is 0 Å². The van der Waals surface area contributed by atoms with Gasteiger partial charge in [-0.05, 0) is 18.5 Å². The molecule has 0 saturated heterocycles. The van der Waals surface area contributed by atoms with Crippen molar-refractivity contribution in [2.24, 2.45) is 0 Å². The molecule has 0 aromatic carbocycles. The lowest BCUT2D eigenvalue weighted by molar-refractivity contribution is -0.134. The summed E-state index contributed by atoms with van der Waals surface area (Å²) >= 11 is 0. The van der Waals surface area contributed by atoms with Gasteiger partial charge < -0.3 is 4.43 Å². The van der Waals surface area contributed by atoms with E-state index in [-0.39, 0.29) is 5.78 Å². The smallest absolute Gasteiger partial charge is 0.223 e. The number of carbonyl (C=O) groups excluding carboxylic acids is 2. The molecule has 0 aromatic heterocycles. The van der Waals surface area contributed by atoms with E-state index in [2.05, 4.69) is 6.58 Å². The minimum absolute atomic E-state index is 0.311. The van der Waals surface area contributed by atoms with Crippen LogP contribution in [0.2, 0.25) is 6.04 Å². The number of hydrogen-bond acceptors (Lipinski definition) is 3. The molecule has 0 saturated carbocycles. The molecule has 68 valence electrons. The summed E-state index contributed by atoms with van der Waals surface area (Å²) in [5.74, 6) is -0.785. The molecule has 0 atom stereocenters. The van der Waals surface area contributed by atoms with Crippen molar-refractivity contribution >= 4 is 21.3 Å². The van der Waals surface area contributed by atoms with Crippen LogP contribution in [-0.4, -0.2) is 28.4 Å². The lowest BCUT2D eigenvalue weighted by atomic mass is 10.1. The van der Waals surface area contributed by atoms with Gasteiger partial charge in [-0.1, -0.05) is 6.58 Å². The van der Waals surface area contributed by atoms with Gasteiger partial charge in [0, 0.05) is 13.5 Å². The van der Waals surface area contributed by atoms with E-state index in [1.54, 1.807) is 14.0 Å². The Hall–Kier alpha value is -0.743. The van der Waals surface area contributed by atoms with Crippen molar-refractivity contribution < 1.29 is 14.0 Å². The van der Waals surface area contributed by atoms with Crippen LogP contribution in [0, 0.1) is 0 Å². The largest absolute Gasteiger partial charge is 0.427 e. The van der Waals surface area contributed by atoms with Gasteiger partial charge in [0.05, 0.1) is 0 Å². The highest BCUT2D eigenvalue weighted by atomic mass is 28.2. The Labute approximate surface area is 74.7 Å². The van der Waals surface area contributed by atoms with E-state index < -0.39 is 15.5 Å². The van der Waals surface area contributed by atoms with Gasteiger partial charge in [0.25, 0.3) is 0 Å². The summed E-state index contributed by atoms with van der Waals surface area (Å²) in [6.45, 7) is 4.96. The van der Waals surface area contributed by atoms with Crippen LogP contribution in [0.1, 0.15) is 13.3 Å². The van der Waals surface area contributed by atoms with Crippen molar-refractivity contribution in [3.63, 3.8) is 0 Å². The minimum Gasteiger partial charge on any atom is -0.427 e. The standard InChI is InChI=1S/C8H14O3Si/c1-6(2)8(10)7(9)4-5-12-11-3/h1,4-5,12H2,2-3H3. The monoisotopic (exact) mass is 186 g/mol. The van der Waals surface area contributed by atoms with Gasteiger partial charge in [-0.2, -0.15) is 0 Å². The number of Topliss-reactive ketones (excluding diaryl/α,β-unsaturated/α-hetero) is 2. The number of ketones is 2. The van der Waals surface area contributed by atoms with E-state index in [1.165, 1.54) is 0 Å². The second-order valence-electron chi connectivity index (χ2n) is 2.63. The molecule has 0 spiro atoms. The normalized spacial score (nSPS) is 10.5. The minimum atomic E-state index is -0.580. The molecule has 0 heterocycles. The van der Waals surface area contributed by atoms with Gasteiger partial charge >= 0.3 is 0 Å². The van der Waals surface area contributed by atoms with Crippen molar-refractivity contribution in [3.8, 4) is 0 Å². The fourth-order valence-corrected chi connectivity index (χ4v) is 1.48. The molecule has 0 amide bonds. The predicted molar refractivity (Wildman–Crippen MR) is 49.8 cm³/mol. The summed E-state index contributed by atoms with van der Waals surface area (Å²) in [7, 11) is 1.04. The number of carbonyl (C=O) groups is 2.